The Morgan fingerprint density at radius 3 is 2.67 bits per heavy atom. The van der Waals surface area contributed by atoms with Crippen molar-refractivity contribution in [1.82, 2.24) is 20.0 Å². The summed E-state index contributed by atoms with van der Waals surface area (Å²) >= 11 is 0. The number of likely N-dealkylation sites (tertiary alicyclic amines) is 1. The van der Waals surface area contributed by atoms with Gasteiger partial charge in [-0.1, -0.05) is 0 Å². The number of carbonyl (C=O) groups is 1. The van der Waals surface area contributed by atoms with Gasteiger partial charge >= 0.3 is 0 Å². The Morgan fingerprint density at radius 1 is 1.30 bits per heavy atom. The molecule has 0 bridgehead atoms. The summed E-state index contributed by atoms with van der Waals surface area (Å²) in [6, 6.07) is 7.86. The second kappa shape index (κ2) is 9.10. The van der Waals surface area contributed by atoms with E-state index in [0.29, 0.717) is 23.9 Å². The van der Waals surface area contributed by atoms with E-state index in [1.807, 2.05) is 0 Å². The van der Waals surface area contributed by atoms with Crippen molar-refractivity contribution >= 4 is 5.91 Å². The fourth-order valence-electron chi connectivity index (χ4n) is 3.40. The highest BCUT2D eigenvalue weighted by molar-refractivity contribution is 5.93. The number of benzene rings is 1. The standard InChI is InChI=1S/C20H27FN4O2/c1-24-19(13-18(23-24)16-3-5-17(21)6-4-16)20(26)22-14-15-7-9-25(10-8-15)11-12-27-2/h3-6,13,15H,7-12,14H2,1-2H3,(H,22,26). The van der Waals surface area contributed by atoms with Crippen molar-refractivity contribution in [2.75, 3.05) is 39.9 Å². The van der Waals surface area contributed by atoms with Gasteiger partial charge in [0.2, 0.25) is 0 Å². The Balaban J connectivity index is 1.52. The number of aromatic nitrogens is 2. The third kappa shape index (κ3) is 5.14. The molecule has 0 saturated carbocycles. The summed E-state index contributed by atoms with van der Waals surface area (Å²) in [5, 5.41) is 7.42. The van der Waals surface area contributed by atoms with Crippen molar-refractivity contribution in [1.29, 1.82) is 0 Å². The van der Waals surface area contributed by atoms with Gasteiger partial charge in [0, 0.05) is 32.8 Å². The lowest BCUT2D eigenvalue weighted by molar-refractivity contribution is 0.0917. The van der Waals surface area contributed by atoms with Crippen LogP contribution in [0.5, 0.6) is 0 Å². The van der Waals surface area contributed by atoms with Gasteiger partial charge in [-0.25, -0.2) is 4.39 Å². The summed E-state index contributed by atoms with van der Waals surface area (Å²) in [6.07, 6.45) is 2.16. The molecule has 146 valence electrons. The van der Waals surface area contributed by atoms with E-state index >= 15 is 0 Å². The largest absolute Gasteiger partial charge is 0.383 e. The van der Waals surface area contributed by atoms with Crippen molar-refractivity contribution < 1.29 is 13.9 Å². The van der Waals surface area contributed by atoms with Crippen molar-refractivity contribution in [3.8, 4) is 11.3 Å². The predicted molar refractivity (Wildman–Crippen MR) is 102 cm³/mol. The molecule has 0 radical (unpaired) electrons. The number of rotatable bonds is 7. The fraction of sp³-hybridized carbons (Fsp3) is 0.500. The topological polar surface area (TPSA) is 59.4 Å². The molecule has 1 amide bonds. The molecule has 2 heterocycles. The summed E-state index contributed by atoms with van der Waals surface area (Å²) in [6.45, 7) is 4.50. The molecule has 1 N–H and O–H groups in total. The van der Waals surface area contributed by atoms with Crippen LogP contribution in [0, 0.1) is 11.7 Å². The molecule has 0 atom stereocenters. The maximum atomic E-state index is 13.1. The molecule has 1 aliphatic heterocycles. The lowest BCUT2D eigenvalue weighted by Gasteiger charge is -2.31. The number of carbonyl (C=O) groups excluding carboxylic acids is 1. The summed E-state index contributed by atoms with van der Waals surface area (Å²) in [4.78, 5) is 15.0. The van der Waals surface area contributed by atoms with Gasteiger partial charge < -0.3 is 15.0 Å². The first-order valence-corrected chi connectivity index (χ1v) is 9.36. The normalized spacial score (nSPS) is 15.8. The molecule has 7 heteroatoms. The van der Waals surface area contributed by atoms with Crippen LogP contribution in [0.1, 0.15) is 23.3 Å². The van der Waals surface area contributed by atoms with Crippen LogP contribution >= 0.6 is 0 Å². The Kier molecular flexibility index (Phi) is 6.58. The molecule has 1 saturated heterocycles. The van der Waals surface area contributed by atoms with Gasteiger partial charge in [0.25, 0.3) is 5.91 Å². The summed E-state index contributed by atoms with van der Waals surface area (Å²) in [7, 11) is 3.47. The third-order valence-electron chi connectivity index (χ3n) is 5.12. The number of piperidine rings is 1. The molecule has 1 fully saturated rings. The summed E-state index contributed by atoms with van der Waals surface area (Å²) in [5.74, 6) is 0.0821. The molecule has 1 aromatic heterocycles. The molecule has 0 aliphatic carbocycles. The number of hydrogen-bond acceptors (Lipinski definition) is 4. The van der Waals surface area contributed by atoms with E-state index < -0.39 is 0 Å². The van der Waals surface area contributed by atoms with E-state index in [-0.39, 0.29) is 11.7 Å². The molecule has 1 aliphatic rings. The zero-order valence-corrected chi connectivity index (χ0v) is 15.9. The van der Waals surface area contributed by atoms with Crippen LogP contribution in [-0.4, -0.2) is 60.5 Å². The number of nitrogens with one attached hydrogen (secondary N) is 1. The smallest absolute Gasteiger partial charge is 0.269 e. The second-order valence-electron chi connectivity index (χ2n) is 7.03. The zero-order valence-electron chi connectivity index (χ0n) is 15.9. The van der Waals surface area contributed by atoms with Crippen LogP contribution in [0.15, 0.2) is 30.3 Å². The van der Waals surface area contributed by atoms with Gasteiger partial charge in [-0.05, 0) is 62.2 Å². The minimum absolute atomic E-state index is 0.125. The van der Waals surface area contributed by atoms with Crippen LogP contribution in [0.2, 0.25) is 0 Å². The van der Waals surface area contributed by atoms with Gasteiger partial charge in [-0.3, -0.25) is 9.48 Å². The number of nitrogens with zero attached hydrogens (tertiary/aromatic N) is 3. The van der Waals surface area contributed by atoms with E-state index in [2.05, 4.69) is 15.3 Å². The molecule has 2 aromatic rings. The van der Waals surface area contributed by atoms with Gasteiger partial charge in [0.15, 0.2) is 0 Å². The van der Waals surface area contributed by atoms with Crippen LogP contribution in [0.3, 0.4) is 0 Å². The lowest BCUT2D eigenvalue weighted by Crippen LogP contribution is -2.40. The number of amides is 1. The van der Waals surface area contributed by atoms with E-state index in [4.69, 9.17) is 4.74 Å². The maximum absolute atomic E-state index is 13.1. The highest BCUT2D eigenvalue weighted by Crippen LogP contribution is 2.20. The fourth-order valence-corrected chi connectivity index (χ4v) is 3.40. The minimum Gasteiger partial charge on any atom is -0.383 e. The van der Waals surface area contributed by atoms with E-state index in [1.54, 1.807) is 37.0 Å². The van der Waals surface area contributed by atoms with E-state index in [0.717, 1.165) is 44.6 Å². The van der Waals surface area contributed by atoms with Gasteiger partial charge in [0.05, 0.1) is 12.3 Å². The van der Waals surface area contributed by atoms with Crippen LogP contribution < -0.4 is 5.32 Å². The number of methoxy groups -OCH3 is 1. The molecule has 1 aromatic carbocycles. The first-order chi connectivity index (χ1) is 13.1. The molecule has 0 spiro atoms. The van der Waals surface area contributed by atoms with Crippen molar-refractivity contribution in [2.45, 2.75) is 12.8 Å². The SMILES string of the molecule is COCCN1CCC(CNC(=O)c2cc(-c3ccc(F)cc3)nn2C)CC1. The maximum Gasteiger partial charge on any atom is 0.269 e. The van der Waals surface area contributed by atoms with Gasteiger partial charge in [-0.2, -0.15) is 5.10 Å². The van der Waals surface area contributed by atoms with Crippen LogP contribution in [0.25, 0.3) is 11.3 Å². The van der Waals surface area contributed by atoms with Gasteiger partial charge in [-0.15, -0.1) is 0 Å². The molecular weight excluding hydrogens is 347 g/mol. The molecule has 6 nitrogen and oxygen atoms in total. The molecule has 3 rings (SSSR count). The predicted octanol–water partition coefficient (Wildman–Crippen LogP) is 2.31. The summed E-state index contributed by atoms with van der Waals surface area (Å²) < 4.78 is 19.8. The monoisotopic (exact) mass is 374 g/mol. The first kappa shape index (κ1) is 19.5. The average Bonchev–Trinajstić information content (AvgIpc) is 3.07. The van der Waals surface area contributed by atoms with Crippen molar-refractivity contribution in [2.24, 2.45) is 13.0 Å². The number of aryl methyl sites for hydroxylation is 1. The Hall–Kier alpha value is -2.25. The number of halogens is 1. The van der Waals surface area contributed by atoms with Crippen LogP contribution in [0.4, 0.5) is 4.39 Å². The van der Waals surface area contributed by atoms with Gasteiger partial charge in [0.1, 0.15) is 11.5 Å². The van der Waals surface area contributed by atoms with E-state index in [1.165, 1.54) is 12.1 Å². The quantitative estimate of drug-likeness (QED) is 0.808. The first-order valence-electron chi connectivity index (χ1n) is 9.36. The molecular formula is C20H27FN4O2. The third-order valence-corrected chi connectivity index (χ3v) is 5.12. The Labute approximate surface area is 159 Å². The molecule has 27 heavy (non-hydrogen) atoms. The number of ether oxygens (including phenoxy) is 1. The minimum atomic E-state index is -0.291. The van der Waals surface area contributed by atoms with Crippen LogP contribution in [-0.2, 0) is 11.8 Å². The highest BCUT2D eigenvalue weighted by Gasteiger charge is 2.21. The van der Waals surface area contributed by atoms with Crippen molar-refractivity contribution in [3.63, 3.8) is 0 Å². The van der Waals surface area contributed by atoms with Crippen molar-refractivity contribution in [3.05, 3.63) is 41.8 Å². The highest BCUT2D eigenvalue weighted by atomic mass is 19.1. The van der Waals surface area contributed by atoms with E-state index in [9.17, 15) is 9.18 Å². The lowest BCUT2D eigenvalue weighted by atomic mass is 9.97. The molecule has 0 unspecified atom stereocenters. The zero-order chi connectivity index (χ0) is 19.2. The summed E-state index contributed by atoms with van der Waals surface area (Å²) in [5.41, 5.74) is 1.95. The second-order valence-corrected chi connectivity index (χ2v) is 7.03. The Bertz CT molecular complexity index is 752. The Morgan fingerprint density at radius 2 is 2.00 bits per heavy atom. The average molecular weight is 374 g/mol. The number of hydrogen-bond donors (Lipinski definition) is 1.